The Morgan fingerprint density at radius 3 is 2.37 bits per heavy atom. The monoisotopic (exact) mass is 403 g/mol. The summed E-state index contributed by atoms with van der Waals surface area (Å²) in [6, 6.07) is 18.6. The molecule has 4 rings (SSSR count). The van der Waals surface area contributed by atoms with Crippen LogP contribution in [0.2, 0.25) is 0 Å². The first kappa shape index (κ1) is 19.8. The van der Waals surface area contributed by atoms with E-state index in [9.17, 15) is 14.0 Å². The first-order chi connectivity index (χ1) is 14.5. The average molecular weight is 403 g/mol. The van der Waals surface area contributed by atoms with Gasteiger partial charge in [0, 0.05) is 41.4 Å². The molecule has 152 valence electrons. The summed E-state index contributed by atoms with van der Waals surface area (Å²) in [6.07, 6.45) is 1.83. The molecule has 1 aliphatic rings. The second-order valence-corrected chi connectivity index (χ2v) is 7.49. The molecule has 6 heteroatoms. The van der Waals surface area contributed by atoms with Crippen LogP contribution in [0.15, 0.2) is 66.7 Å². The number of likely N-dealkylation sites (tertiary alicyclic amines) is 1. The Kier molecular flexibility index (Phi) is 5.57. The lowest BCUT2D eigenvalue weighted by Gasteiger charge is -2.32. The first-order valence-electron chi connectivity index (χ1n) is 9.93. The third-order valence-electron chi connectivity index (χ3n) is 5.45. The lowest BCUT2D eigenvalue weighted by atomic mass is 9.93. The van der Waals surface area contributed by atoms with Gasteiger partial charge < -0.3 is 10.6 Å². The second-order valence-electron chi connectivity index (χ2n) is 7.49. The Morgan fingerprint density at radius 1 is 0.967 bits per heavy atom. The van der Waals surface area contributed by atoms with E-state index in [4.69, 9.17) is 10.7 Å². The molecular weight excluding hydrogens is 381 g/mol. The quantitative estimate of drug-likeness (QED) is 0.715. The number of hydrogen-bond donors (Lipinski definition) is 1. The van der Waals surface area contributed by atoms with E-state index in [0.29, 0.717) is 24.2 Å². The van der Waals surface area contributed by atoms with Gasteiger partial charge in [-0.3, -0.25) is 14.6 Å². The van der Waals surface area contributed by atoms with Crippen molar-refractivity contribution in [3.63, 3.8) is 0 Å². The molecule has 0 bridgehead atoms. The van der Waals surface area contributed by atoms with Crippen LogP contribution < -0.4 is 5.73 Å². The highest BCUT2D eigenvalue weighted by Crippen LogP contribution is 2.28. The van der Waals surface area contributed by atoms with Crippen LogP contribution in [0.25, 0.3) is 11.3 Å². The highest BCUT2D eigenvalue weighted by atomic mass is 19.1. The number of amides is 2. The molecule has 0 spiro atoms. The molecule has 30 heavy (non-hydrogen) atoms. The number of rotatable bonds is 4. The van der Waals surface area contributed by atoms with Gasteiger partial charge in [-0.25, -0.2) is 4.39 Å². The van der Waals surface area contributed by atoms with Crippen molar-refractivity contribution in [2.75, 3.05) is 13.1 Å². The van der Waals surface area contributed by atoms with Crippen LogP contribution in [-0.4, -0.2) is 34.8 Å². The van der Waals surface area contributed by atoms with Crippen LogP contribution in [0.5, 0.6) is 0 Å². The molecule has 1 fully saturated rings. The van der Waals surface area contributed by atoms with Crippen molar-refractivity contribution in [3.8, 4) is 11.3 Å². The third-order valence-corrected chi connectivity index (χ3v) is 5.45. The number of hydrogen-bond acceptors (Lipinski definition) is 3. The number of carbonyl (C=O) groups excluding carboxylic acids is 2. The summed E-state index contributed by atoms with van der Waals surface area (Å²) >= 11 is 0. The predicted octanol–water partition coefficient (Wildman–Crippen LogP) is 4.01. The Bertz CT molecular complexity index is 1060. The number of halogens is 1. The zero-order chi connectivity index (χ0) is 21.1. The van der Waals surface area contributed by atoms with Crippen LogP contribution in [0.4, 0.5) is 4.39 Å². The maximum absolute atomic E-state index is 13.2. The third kappa shape index (κ3) is 4.22. The molecule has 2 heterocycles. The molecule has 0 saturated carbocycles. The largest absolute Gasteiger partial charge is 0.366 e. The summed E-state index contributed by atoms with van der Waals surface area (Å²) in [4.78, 5) is 30.7. The van der Waals surface area contributed by atoms with Crippen molar-refractivity contribution in [2.45, 2.75) is 18.8 Å². The molecule has 2 aromatic carbocycles. The number of benzene rings is 2. The van der Waals surface area contributed by atoms with E-state index in [1.165, 1.54) is 24.3 Å². The zero-order valence-corrected chi connectivity index (χ0v) is 16.4. The maximum atomic E-state index is 13.2. The summed E-state index contributed by atoms with van der Waals surface area (Å²) in [5.41, 5.74) is 8.90. The fourth-order valence-electron chi connectivity index (χ4n) is 3.82. The minimum atomic E-state index is -0.462. The Morgan fingerprint density at radius 2 is 1.67 bits per heavy atom. The van der Waals surface area contributed by atoms with Crippen molar-refractivity contribution in [1.29, 1.82) is 0 Å². The van der Waals surface area contributed by atoms with Crippen LogP contribution in [0, 0.1) is 5.82 Å². The van der Waals surface area contributed by atoms with E-state index in [0.717, 1.165) is 29.8 Å². The lowest BCUT2D eigenvalue weighted by molar-refractivity contribution is 0.0705. The maximum Gasteiger partial charge on any atom is 0.253 e. The van der Waals surface area contributed by atoms with Gasteiger partial charge in [-0.15, -0.1) is 0 Å². The van der Waals surface area contributed by atoms with Gasteiger partial charge in [-0.1, -0.05) is 18.2 Å². The van der Waals surface area contributed by atoms with E-state index >= 15 is 0 Å². The van der Waals surface area contributed by atoms with Crippen molar-refractivity contribution >= 4 is 11.8 Å². The topological polar surface area (TPSA) is 76.3 Å². The smallest absolute Gasteiger partial charge is 0.253 e. The number of piperidine rings is 1. The number of nitrogens with zero attached hydrogens (tertiary/aromatic N) is 2. The van der Waals surface area contributed by atoms with Crippen molar-refractivity contribution in [1.82, 2.24) is 9.88 Å². The van der Waals surface area contributed by atoms with E-state index in [1.54, 1.807) is 12.1 Å². The highest BCUT2D eigenvalue weighted by molar-refractivity contribution is 5.94. The van der Waals surface area contributed by atoms with Gasteiger partial charge in [-0.2, -0.15) is 0 Å². The normalized spacial score (nSPS) is 16.3. The van der Waals surface area contributed by atoms with Crippen LogP contribution in [-0.2, 0) is 0 Å². The van der Waals surface area contributed by atoms with Gasteiger partial charge in [0.2, 0.25) is 5.91 Å². The molecule has 1 saturated heterocycles. The van der Waals surface area contributed by atoms with Gasteiger partial charge in [0.1, 0.15) is 5.82 Å². The lowest BCUT2D eigenvalue weighted by Crippen LogP contribution is -2.39. The van der Waals surface area contributed by atoms with E-state index in [1.807, 2.05) is 35.2 Å². The summed E-state index contributed by atoms with van der Waals surface area (Å²) in [7, 11) is 0. The molecule has 2 N–H and O–H groups in total. The molecule has 1 aliphatic heterocycles. The number of aromatic nitrogens is 1. The van der Waals surface area contributed by atoms with Gasteiger partial charge >= 0.3 is 0 Å². The van der Waals surface area contributed by atoms with E-state index in [2.05, 4.69) is 0 Å². The SMILES string of the molecule is NC(=O)c1ccc(-c2cccc([C@H]3CCCN(C(=O)c4ccc(F)cc4)C3)n2)cc1. The highest BCUT2D eigenvalue weighted by Gasteiger charge is 2.26. The van der Waals surface area contributed by atoms with Crippen LogP contribution >= 0.6 is 0 Å². The molecule has 0 radical (unpaired) electrons. The second kappa shape index (κ2) is 8.45. The summed E-state index contributed by atoms with van der Waals surface area (Å²) in [6.45, 7) is 1.26. The Balaban J connectivity index is 1.52. The molecule has 2 amide bonds. The summed E-state index contributed by atoms with van der Waals surface area (Å²) in [5, 5.41) is 0. The predicted molar refractivity (Wildman–Crippen MR) is 112 cm³/mol. The summed E-state index contributed by atoms with van der Waals surface area (Å²) in [5.74, 6) is -0.768. The van der Waals surface area contributed by atoms with Crippen molar-refractivity contribution in [3.05, 3.63) is 89.4 Å². The van der Waals surface area contributed by atoms with Gasteiger partial charge in [0.05, 0.1) is 5.69 Å². The number of primary amides is 1. The van der Waals surface area contributed by atoms with E-state index in [-0.39, 0.29) is 17.6 Å². The first-order valence-corrected chi connectivity index (χ1v) is 9.93. The van der Waals surface area contributed by atoms with Crippen LogP contribution in [0.3, 0.4) is 0 Å². The van der Waals surface area contributed by atoms with Crippen molar-refractivity contribution < 1.29 is 14.0 Å². The standard InChI is InChI=1S/C24H22FN3O2/c25-20-12-10-18(11-13-20)24(30)28-14-2-3-19(15-28)22-5-1-4-21(27-22)16-6-8-17(9-7-16)23(26)29/h1,4-13,19H,2-3,14-15H2,(H2,26,29)/t19-/m0/s1. The van der Waals surface area contributed by atoms with Gasteiger partial charge in [0.15, 0.2) is 0 Å². The molecule has 0 unspecified atom stereocenters. The minimum absolute atomic E-state index is 0.0853. The number of pyridine rings is 1. The molecular formula is C24H22FN3O2. The van der Waals surface area contributed by atoms with E-state index < -0.39 is 5.91 Å². The molecule has 1 atom stereocenters. The number of carbonyl (C=O) groups is 2. The molecule has 0 aliphatic carbocycles. The fraction of sp³-hybridized carbons (Fsp3) is 0.208. The number of nitrogens with two attached hydrogens (primary N) is 1. The Hall–Kier alpha value is -3.54. The van der Waals surface area contributed by atoms with Gasteiger partial charge in [0.25, 0.3) is 5.91 Å². The van der Waals surface area contributed by atoms with Crippen LogP contribution in [0.1, 0.15) is 45.2 Å². The van der Waals surface area contributed by atoms with Gasteiger partial charge in [-0.05, 0) is 61.4 Å². The molecule has 3 aromatic rings. The fourth-order valence-corrected chi connectivity index (χ4v) is 3.82. The summed E-state index contributed by atoms with van der Waals surface area (Å²) < 4.78 is 13.2. The minimum Gasteiger partial charge on any atom is -0.366 e. The average Bonchev–Trinajstić information content (AvgIpc) is 2.79. The molecule has 5 nitrogen and oxygen atoms in total. The molecule has 1 aromatic heterocycles. The van der Waals surface area contributed by atoms with Crippen molar-refractivity contribution in [2.24, 2.45) is 5.73 Å². The Labute approximate surface area is 174 Å². The zero-order valence-electron chi connectivity index (χ0n) is 16.4.